The smallest absolute Gasteiger partial charge is 0.394 e. The summed E-state index contributed by atoms with van der Waals surface area (Å²) in [6.07, 6.45) is -2.55. The second-order valence-corrected chi connectivity index (χ2v) is 27.0. The molecule has 0 saturated carbocycles. The van der Waals surface area contributed by atoms with Crippen LogP contribution in [0, 0.1) is 45.3 Å². The fraction of sp³-hybridized carbons (Fsp3) is 0.632. The maximum atomic E-state index is 14.2. The van der Waals surface area contributed by atoms with Crippen molar-refractivity contribution < 1.29 is 67.0 Å². The predicted molar refractivity (Wildman–Crippen MR) is 320 cm³/mol. The minimum atomic E-state index is -5.06. The lowest BCUT2D eigenvalue weighted by molar-refractivity contribution is -0.124. The van der Waals surface area contributed by atoms with Crippen LogP contribution in [0.15, 0.2) is 61.9 Å². The first kappa shape index (κ1) is 66.6. The third-order valence-corrected chi connectivity index (χ3v) is 20.6. The number of aliphatic hydroxyl groups is 2. The summed E-state index contributed by atoms with van der Waals surface area (Å²) in [4.78, 5) is 133. The fourth-order valence-corrected chi connectivity index (χ4v) is 15.8. The molecule has 88 heavy (non-hydrogen) atoms. The number of nitrogen functional groups attached to an aromatic ring is 1. The standard InChI is InChI=1S/C57H83N16O14P/c1-26-42-29(10-13-36(59)76)53(3,4)34(70-42)20-32-28(9-12-35(58)75)55(6,21-39(62)79)48(69-32)27(2)43-30(11-14-37(60)77)56(7,22-40(63)80)57(8,72-43)49-31(19-38(61)78)54(5,47(26)71-49)16-15-41(81)65-17-18-85-88(83,84)87-46-33(23-74)86-52(45(46)82)73-25-68-51-44(73)50(64)66-24-67-51/h20,24-25,28-31,33,45-46,49,52,69,74,82H,9-19,21-23H2,1-8H3,(H2,58,75)(H2,59,76)(H2,60,77)(H2,61,78)(H2,62,79)(H2,63,80)(H,65,81)(H,83,84)(H2,64,66,67). The average Bonchev–Trinajstić information content (AvgIpc) is 1.56. The number of aliphatic hydroxyl groups excluding tert-OH is 2. The summed E-state index contributed by atoms with van der Waals surface area (Å²) >= 11 is 0. The molecule has 0 aliphatic carbocycles. The van der Waals surface area contributed by atoms with Crippen molar-refractivity contribution in [1.29, 1.82) is 0 Å². The van der Waals surface area contributed by atoms with E-state index in [9.17, 15) is 53.2 Å². The first-order valence-electron chi connectivity index (χ1n) is 29.2. The average molecular weight is 1250 g/mol. The Bertz CT molecular complexity index is 3450. The molecule has 2 aromatic rings. The van der Waals surface area contributed by atoms with Crippen molar-refractivity contribution in [2.75, 3.05) is 25.5 Å². The zero-order valence-electron chi connectivity index (χ0n) is 50.8. The molecule has 2 aromatic heterocycles. The van der Waals surface area contributed by atoms with Gasteiger partial charge in [-0.05, 0) is 63.7 Å². The molecule has 6 aliphatic rings. The van der Waals surface area contributed by atoms with Gasteiger partial charge >= 0.3 is 7.82 Å². The van der Waals surface area contributed by atoms with Gasteiger partial charge in [0.1, 0.15) is 36.5 Å². The number of anilines is 1. The van der Waals surface area contributed by atoms with E-state index in [4.69, 9.17) is 68.9 Å². The number of hydrogen-bond donors (Lipinski definition) is 12. The van der Waals surface area contributed by atoms with Crippen molar-refractivity contribution >= 4 is 83.3 Å². The number of nitrogens with two attached hydrogens (primary N) is 7. The Morgan fingerprint density at radius 2 is 1.43 bits per heavy atom. The highest BCUT2D eigenvalue weighted by atomic mass is 31.2. The number of nitrogens with one attached hydrogen (secondary N) is 2. The van der Waals surface area contributed by atoms with E-state index in [-0.39, 0.29) is 94.2 Å². The molecule has 14 atom stereocenters. The number of phosphoric acid groups is 1. The molecule has 14 unspecified atom stereocenters. The lowest BCUT2D eigenvalue weighted by Crippen LogP contribution is -2.56. The normalized spacial score (nSPS) is 32.1. The Labute approximate surface area is 508 Å². The summed E-state index contributed by atoms with van der Waals surface area (Å²) in [6, 6.07) is -1.05. The van der Waals surface area contributed by atoms with Gasteiger partial charge in [-0.1, -0.05) is 34.6 Å². The van der Waals surface area contributed by atoms with Crippen LogP contribution in [-0.2, 0) is 51.9 Å². The monoisotopic (exact) mass is 1250 g/mol. The second kappa shape index (κ2) is 24.9. The van der Waals surface area contributed by atoms with E-state index in [0.29, 0.717) is 45.4 Å². The van der Waals surface area contributed by atoms with Crippen LogP contribution >= 0.6 is 7.82 Å². The molecule has 0 spiro atoms. The number of rotatable bonds is 26. The van der Waals surface area contributed by atoms with E-state index in [1.807, 2.05) is 54.5 Å². The van der Waals surface area contributed by atoms with Gasteiger partial charge in [0.2, 0.25) is 41.4 Å². The molecule has 0 radical (unpaired) electrons. The van der Waals surface area contributed by atoms with Crippen molar-refractivity contribution in [3.63, 3.8) is 0 Å². The Hall–Kier alpha value is -7.34. The molecule has 480 valence electrons. The molecule has 31 heteroatoms. The predicted octanol–water partition coefficient (Wildman–Crippen LogP) is 0.530. The minimum Gasteiger partial charge on any atom is -0.394 e. The Balaban J connectivity index is 1.19. The highest BCUT2D eigenvalue weighted by Crippen LogP contribution is 2.62. The third-order valence-electron chi connectivity index (χ3n) is 19.6. The maximum Gasteiger partial charge on any atom is 0.472 e. The number of amides is 7. The van der Waals surface area contributed by atoms with Gasteiger partial charge in [-0.25, -0.2) is 19.5 Å². The van der Waals surface area contributed by atoms with E-state index in [0.717, 1.165) is 0 Å². The largest absolute Gasteiger partial charge is 0.472 e. The van der Waals surface area contributed by atoms with Gasteiger partial charge in [0, 0.05) is 131 Å². The van der Waals surface area contributed by atoms with E-state index >= 15 is 0 Å². The molecule has 2 saturated heterocycles. The molecule has 2 fully saturated rings. The number of allylic oxidation sites excluding steroid dienone is 6. The topological polar surface area (TPSA) is 512 Å². The van der Waals surface area contributed by atoms with Crippen molar-refractivity contribution in [3.8, 4) is 0 Å². The summed E-state index contributed by atoms with van der Waals surface area (Å²) in [5.41, 5.74) is 40.4. The Morgan fingerprint density at radius 3 is 2.03 bits per heavy atom. The van der Waals surface area contributed by atoms with Crippen LogP contribution in [0.25, 0.3) is 11.2 Å². The number of imidazole rings is 1. The highest BCUT2D eigenvalue weighted by molar-refractivity contribution is 7.47. The van der Waals surface area contributed by atoms with Crippen molar-refractivity contribution in [2.45, 2.75) is 162 Å². The van der Waals surface area contributed by atoms with E-state index in [1.165, 1.54) is 17.2 Å². The fourth-order valence-electron chi connectivity index (χ4n) is 14.9. The van der Waals surface area contributed by atoms with Gasteiger partial charge in [0.15, 0.2) is 17.7 Å². The summed E-state index contributed by atoms with van der Waals surface area (Å²) in [6.45, 7) is 13.3. The first-order valence-corrected chi connectivity index (χ1v) is 30.7. The van der Waals surface area contributed by atoms with Gasteiger partial charge in [-0.2, -0.15) is 0 Å². The summed E-state index contributed by atoms with van der Waals surface area (Å²) in [5, 5.41) is 27.8. The lowest BCUT2D eigenvalue weighted by Gasteiger charge is -2.48. The number of phosphoric ester groups is 1. The Morgan fingerprint density at radius 1 is 0.807 bits per heavy atom. The third kappa shape index (κ3) is 12.4. The number of hydrogen-bond acceptors (Lipinski definition) is 21. The molecular weight excluding hydrogens is 1160 g/mol. The second-order valence-electron chi connectivity index (χ2n) is 25.6. The number of aliphatic imine (C=N–C) groups is 3. The number of nitrogens with zero attached hydrogens (tertiary/aromatic N) is 7. The number of primary amides is 6. The molecule has 8 bridgehead atoms. The minimum absolute atomic E-state index is 0.00304. The van der Waals surface area contributed by atoms with E-state index in [2.05, 4.69) is 25.6 Å². The molecule has 7 amide bonds. The van der Waals surface area contributed by atoms with Gasteiger partial charge in [-0.3, -0.25) is 62.2 Å². The van der Waals surface area contributed by atoms with Gasteiger partial charge in [-0.15, -0.1) is 0 Å². The maximum absolute atomic E-state index is 14.2. The summed E-state index contributed by atoms with van der Waals surface area (Å²) < 4.78 is 31.2. The quantitative estimate of drug-likeness (QED) is 0.0451. The van der Waals surface area contributed by atoms with Crippen LogP contribution in [0.2, 0.25) is 0 Å². The number of fused-ring (bicyclic) bond motifs is 7. The van der Waals surface area contributed by atoms with Crippen LogP contribution in [0.5, 0.6) is 0 Å². The van der Waals surface area contributed by atoms with E-state index in [1.54, 1.807) is 6.92 Å². The zero-order valence-corrected chi connectivity index (χ0v) is 51.7. The number of carbonyl (C=O) groups excluding carboxylic acids is 7. The lowest BCUT2D eigenvalue weighted by atomic mass is 9.55. The Kier molecular flexibility index (Phi) is 18.9. The molecule has 8 heterocycles. The highest BCUT2D eigenvalue weighted by Gasteiger charge is 2.66. The molecule has 6 aliphatic heterocycles. The van der Waals surface area contributed by atoms with Crippen LogP contribution in [0.4, 0.5) is 5.82 Å². The molecule has 0 aromatic carbocycles. The van der Waals surface area contributed by atoms with Crippen molar-refractivity contribution in [3.05, 3.63) is 47.0 Å². The molecular formula is C57H83N16O14P. The van der Waals surface area contributed by atoms with Gasteiger partial charge in [0.25, 0.3) is 0 Å². The number of ether oxygens (including phenoxy) is 1. The van der Waals surface area contributed by atoms with Crippen molar-refractivity contribution in [2.24, 2.45) is 94.7 Å². The number of carbonyl (C=O) groups is 7. The number of aromatic nitrogens is 4. The zero-order chi connectivity index (χ0) is 65.0. The summed E-state index contributed by atoms with van der Waals surface area (Å²) in [7, 11) is -5.06. The van der Waals surface area contributed by atoms with E-state index < -0.39 is 144 Å². The summed E-state index contributed by atoms with van der Waals surface area (Å²) in [5.74, 6) is -7.25. The van der Waals surface area contributed by atoms with Gasteiger partial charge < -0.3 is 70.6 Å². The molecule has 8 rings (SSSR count). The molecule has 30 nitrogen and oxygen atoms in total. The van der Waals surface area contributed by atoms with Crippen molar-refractivity contribution in [1.82, 2.24) is 30.2 Å². The van der Waals surface area contributed by atoms with Crippen LogP contribution in [-0.4, -0.2) is 143 Å². The van der Waals surface area contributed by atoms with Crippen LogP contribution in [0.1, 0.15) is 132 Å². The van der Waals surface area contributed by atoms with Gasteiger partial charge in [0.05, 0.1) is 24.8 Å². The van der Waals surface area contributed by atoms with Crippen LogP contribution < -0.4 is 50.8 Å². The SMILES string of the molecule is CC1=C2N=C(C=C3NC(=C(C)C4=NC(C)(C5N=C1C(C)(CCC(=O)NCCOP(=O)(O)OC1C(CO)OC(n6cnc7ncnc(N)c76)C1O)C5CC(N)=O)C(C)(CC(N)=O)C4CCC(N)=O)C(C)(CC(N)=O)C3CCC(N)=O)C(C)(C)C2CCC(N)=O. The van der Waals surface area contributed by atoms with Crippen LogP contribution in [0.3, 0.4) is 0 Å². The first-order chi connectivity index (χ1) is 41.0. The molecule has 19 N–H and O–H groups in total.